The smallest absolute Gasteiger partial charge is 0.291 e. The standard InChI is InChI=1S/C31H32FN11O3/c32-25-15-43(30(44)29-35-19-37-40-29)8-7-27(25)46-26-6-1-20(13-21(26)14-33)28-34-18-36-31(39-28)38-22-2-4-23(5-3-22)41-9-11-42(12-10-41)24-16-45-17-24/h1-6,13,18-19,24-25,27H,7-12,15-17H2,(H,35,37,40)(H,34,36,38,39)/t25-,27-/m0/s1. The Balaban J connectivity index is 0.968. The predicted molar refractivity (Wildman–Crippen MR) is 164 cm³/mol. The number of aromatic amines is 1. The molecular weight excluding hydrogens is 593 g/mol. The number of alkyl halides is 1. The summed E-state index contributed by atoms with van der Waals surface area (Å²) in [5.74, 6) is 0.617. The highest BCUT2D eigenvalue weighted by molar-refractivity contribution is 5.90. The number of likely N-dealkylation sites (tertiary alicyclic amines) is 1. The van der Waals surface area contributed by atoms with E-state index in [2.05, 4.69) is 63.5 Å². The number of anilines is 3. The molecule has 2 atom stereocenters. The van der Waals surface area contributed by atoms with Gasteiger partial charge < -0.3 is 29.6 Å². The minimum atomic E-state index is -1.45. The van der Waals surface area contributed by atoms with Crippen molar-refractivity contribution in [2.75, 3.05) is 62.7 Å². The Hall–Kier alpha value is -5.20. The van der Waals surface area contributed by atoms with E-state index in [4.69, 9.17) is 9.47 Å². The van der Waals surface area contributed by atoms with Crippen molar-refractivity contribution >= 4 is 23.2 Å². The van der Waals surface area contributed by atoms with Crippen molar-refractivity contribution in [1.29, 1.82) is 5.26 Å². The third-order valence-electron chi connectivity index (χ3n) is 8.54. The van der Waals surface area contributed by atoms with Gasteiger partial charge in [0.15, 0.2) is 12.0 Å². The van der Waals surface area contributed by atoms with Gasteiger partial charge in [-0.25, -0.2) is 14.4 Å². The zero-order chi connectivity index (χ0) is 31.5. The maximum atomic E-state index is 15.1. The Morgan fingerprint density at radius 3 is 2.61 bits per heavy atom. The van der Waals surface area contributed by atoms with Crippen LogP contribution in [0.2, 0.25) is 0 Å². The minimum absolute atomic E-state index is 0.0589. The number of halogens is 1. The molecule has 3 aliphatic rings. The first kappa shape index (κ1) is 29.5. The van der Waals surface area contributed by atoms with Gasteiger partial charge in [0, 0.05) is 56.1 Å². The van der Waals surface area contributed by atoms with E-state index >= 15 is 4.39 Å². The van der Waals surface area contributed by atoms with Crippen LogP contribution in [-0.4, -0.2) is 117 Å². The van der Waals surface area contributed by atoms with Crippen LogP contribution >= 0.6 is 0 Å². The molecule has 0 aliphatic carbocycles. The number of benzene rings is 2. The van der Waals surface area contributed by atoms with Crippen LogP contribution in [0.4, 0.5) is 21.7 Å². The van der Waals surface area contributed by atoms with Gasteiger partial charge in [-0.3, -0.25) is 9.69 Å². The van der Waals surface area contributed by atoms with Crippen molar-refractivity contribution in [2.24, 2.45) is 0 Å². The summed E-state index contributed by atoms with van der Waals surface area (Å²) in [7, 11) is 0. The van der Waals surface area contributed by atoms with Gasteiger partial charge in [-0.2, -0.15) is 10.2 Å². The average molecular weight is 626 g/mol. The molecule has 2 aromatic heterocycles. The summed E-state index contributed by atoms with van der Waals surface area (Å²) in [6, 6.07) is 15.8. The number of piperidine rings is 1. The van der Waals surface area contributed by atoms with E-state index in [1.807, 2.05) is 12.1 Å². The van der Waals surface area contributed by atoms with Crippen LogP contribution in [0.1, 0.15) is 22.6 Å². The molecule has 0 radical (unpaired) electrons. The second-order valence-electron chi connectivity index (χ2n) is 11.4. The number of amides is 1. The van der Waals surface area contributed by atoms with Crippen molar-refractivity contribution < 1.29 is 18.7 Å². The lowest BCUT2D eigenvalue weighted by molar-refractivity contribution is -0.0660. The van der Waals surface area contributed by atoms with Crippen LogP contribution in [-0.2, 0) is 4.74 Å². The number of nitriles is 1. The molecule has 1 amide bonds. The fraction of sp³-hybridized carbons (Fsp3) is 0.387. The maximum absolute atomic E-state index is 15.1. The van der Waals surface area contributed by atoms with Crippen LogP contribution < -0.4 is 15.0 Å². The number of nitrogens with zero attached hydrogens (tertiary/aromatic N) is 9. The molecule has 0 bridgehead atoms. The predicted octanol–water partition coefficient (Wildman–Crippen LogP) is 2.42. The molecule has 4 aromatic rings. The fourth-order valence-corrected chi connectivity index (χ4v) is 5.84. The molecular formula is C31H32FN11O3. The molecule has 14 nitrogen and oxygen atoms in total. The normalized spacial score (nSPS) is 20.5. The molecule has 46 heavy (non-hydrogen) atoms. The lowest BCUT2D eigenvalue weighted by atomic mass is 10.0. The SMILES string of the molecule is N#Cc1cc(-c2ncnc(Nc3ccc(N4CCN(C5COC5)CC4)cc3)n2)ccc1O[C@H]1CCN(C(=O)c2nnc[nH]2)C[C@@H]1F. The summed E-state index contributed by atoms with van der Waals surface area (Å²) in [4.78, 5) is 34.5. The van der Waals surface area contributed by atoms with Crippen LogP contribution in [0.25, 0.3) is 11.4 Å². The molecule has 2 N–H and O–H groups in total. The average Bonchev–Trinajstić information content (AvgIpc) is 3.61. The van der Waals surface area contributed by atoms with Crippen molar-refractivity contribution in [3.05, 3.63) is 66.5 Å². The molecule has 3 aliphatic heterocycles. The summed E-state index contributed by atoms with van der Waals surface area (Å²) in [6.07, 6.45) is 0.693. The van der Waals surface area contributed by atoms with Gasteiger partial charge in [-0.05, 0) is 42.5 Å². The Labute approximate surface area is 264 Å². The summed E-state index contributed by atoms with van der Waals surface area (Å²) in [6.45, 7) is 5.84. The highest BCUT2D eigenvalue weighted by atomic mass is 19.1. The second kappa shape index (κ2) is 13.0. The summed E-state index contributed by atoms with van der Waals surface area (Å²) >= 11 is 0. The van der Waals surface area contributed by atoms with Crippen molar-refractivity contribution in [1.82, 2.24) is 39.9 Å². The Bertz CT molecular complexity index is 1700. The van der Waals surface area contributed by atoms with Crippen molar-refractivity contribution in [3.63, 3.8) is 0 Å². The van der Waals surface area contributed by atoms with Crippen molar-refractivity contribution in [2.45, 2.75) is 24.7 Å². The topological polar surface area (TPSA) is 161 Å². The number of hydrogen-bond acceptors (Lipinski definition) is 12. The molecule has 3 fully saturated rings. The van der Waals surface area contributed by atoms with Gasteiger partial charge >= 0.3 is 0 Å². The number of carbonyl (C=O) groups excluding carboxylic acids is 1. The number of H-pyrrole nitrogens is 1. The van der Waals surface area contributed by atoms with Crippen molar-refractivity contribution in [3.8, 4) is 23.2 Å². The summed E-state index contributed by atoms with van der Waals surface area (Å²) in [5.41, 5.74) is 2.81. The summed E-state index contributed by atoms with van der Waals surface area (Å²) < 4.78 is 26.3. The number of hydrogen-bond donors (Lipinski definition) is 2. The molecule has 0 unspecified atom stereocenters. The van der Waals surface area contributed by atoms with Crippen LogP contribution in [0.3, 0.4) is 0 Å². The number of rotatable bonds is 8. The quantitative estimate of drug-likeness (QED) is 0.295. The van der Waals surface area contributed by atoms with Gasteiger partial charge in [-0.15, -0.1) is 10.2 Å². The van der Waals surface area contributed by atoms with E-state index in [0.29, 0.717) is 23.4 Å². The van der Waals surface area contributed by atoms with Gasteiger partial charge in [0.1, 0.15) is 30.6 Å². The Morgan fingerprint density at radius 2 is 1.91 bits per heavy atom. The van der Waals surface area contributed by atoms with Gasteiger partial charge in [0.25, 0.3) is 5.91 Å². The van der Waals surface area contributed by atoms with Gasteiger partial charge in [-0.1, -0.05) is 0 Å². The first-order valence-electron chi connectivity index (χ1n) is 15.2. The van der Waals surface area contributed by atoms with E-state index in [9.17, 15) is 10.1 Å². The van der Waals surface area contributed by atoms with Crippen LogP contribution in [0.15, 0.2) is 55.1 Å². The highest BCUT2D eigenvalue weighted by Gasteiger charge is 2.35. The molecule has 3 saturated heterocycles. The number of aromatic nitrogens is 6. The molecule has 15 heteroatoms. The Kier molecular flexibility index (Phi) is 8.36. The molecule has 0 spiro atoms. The lowest BCUT2D eigenvalue weighted by Crippen LogP contribution is -2.56. The molecule has 7 rings (SSSR count). The largest absolute Gasteiger partial charge is 0.486 e. The first-order chi connectivity index (χ1) is 22.5. The molecule has 5 heterocycles. The monoisotopic (exact) mass is 625 g/mol. The van der Waals surface area contributed by atoms with E-state index in [1.165, 1.54) is 23.2 Å². The zero-order valence-electron chi connectivity index (χ0n) is 24.9. The highest BCUT2D eigenvalue weighted by Crippen LogP contribution is 2.29. The summed E-state index contributed by atoms with van der Waals surface area (Å²) in [5, 5.41) is 20.4. The van der Waals surface area contributed by atoms with E-state index in [1.54, 1.807) is 18.2 Å². The Morgan fingerprint density at radius 1 is 1.09 bits per heavy atom. The number of carbonyl (C=O) groups is 1. The minimum Gasteiger partial charge on any atom is -0.486 e. The lowest BCUT2D eigenvalue weighted by Gasteiger charge is -2.43. The van der Waals surface area contributed by atoms with Gasteiger partial charge in [0.2, 0.25) is 11.8 Å². The first-order valence-corrected chi connectivity index (χ1v) is 15.2. The molecule has 236 valence electrons. The van der Waals surface area contributed by atoms with E-state index < -0.39 is 18.2 Å². The van der Waals surface area contributed by atoms with Crippen LogP contribution in [0, 0.1) is 11.3 Å². The number of nitrogens with one attached hydrogen (secondary N) is 2. The van der Waals surface area contributed by atoms with E-state index in [-0.39, 0.29) is 36.6 Å². The third-order valence-corrected chi connectivity index (χ3v) is 8.54. The van der Waals surface area contributed by atoms with E-state index in [0.717, 1.165) is 45.1 Å². The fourth-order valence-electron chi connectivity index (χ4n) is 5.84. The maximum Gasteiger partial charge on any atom is 0.291 e. The number of ether oxygens (including phenoxy) is 2. The van der Waals surface area contributed by atoms with Crippen LogP contribution in [0.5, 0.6) is 5.75 Å². The third kappa shape index (κ3) is 6.30. The number of piperazine rings is 1. The molecule has 0 saturated carbocycles. The zero-order valence-corrected chi connectivity index (χ0v) is 24.9. The molecule has 2 aromatic carbocycles. The van der Waals surface area contributed by atoms with Gasteiger partial charge in [0.05, 0.1) is 31.4 Å². The second-order valence-corrected chi connectivity index (χ2v) is 11.4.